The largest absolute Gasteiger partial charge is 0.353 e. The molecule has 1 aliphatic carbocycles. The molecule has 2 amide bonds. The van der Waals surface area contributed by atoms with E-state index >= 15 is 0 Å². The first kappa shape index (κ1) is 14.5. The smallest absolute Gasteiger partial charge is 0.251 e. The van der Waals surface area contributed by atoms with Crippen LogP contribution in [0.15, 0.2) is 24.3 Å². The molecule has 1 aromatic carbocycles. The van der Waals surface area contributed by atoms with Crippen LogP contribution in [-0.4, -0.2) is 30.9 Å². The molecular weight excluding hydrogens is 254 g/mol. The highest BCUT2D eigenvalue weighted by atomic mass is 16.2. The predicted octanol–water partition coefficient (Wildman–Crippen LogP) is 0.586. The van der Waals surface area contributed by atoms with Crippen molar-refractivity contribution in [2.24, 2.45) is 5.73 Å². The lowest BCUT2D eigenvalue weighted by molar-refractivity contribution is -0.121. The minimum atomic E-state index is -0.145. The summed E-state index contributed by atoms with van der Waals surface area (Å²) in [6, 6.07) is 7.77. The zero-order valence-electron chi connectivity index (χ0n) is 11.5. The van der Waals surface area contributed by atoms with Gasteiger partial charge in [0.15, 0.2) is 0 Å². The fraction of sp³-hybridized carbons (Fsp3) is 0.467. The molecule has 0 saturated heterocycles. The summed E-state index contributed by atoms with van der Waals surface area (Å²) >= 11 is 0. The van der Waals surface area contributed by atoms with E-state index in [-0.39, 0.29) is 11.8 Å². The molecule has 0 aliphatic heterocycles. The van der Waals surface area contributed by atoms with Crippen molar-refractivity contribution in [2.75, 3.05) is 13.1 Å². The molecule has 1 aromatic rings. The van der Waals surface area contributed by atoms with Gasteiger partial charge in [0.05, 0.1) is 0 Å². The van der Waals surface area contributed by atoms with Gasteiger partial charge in [0.2, 0.25) is 5.91 Å². The third kappa shape index (κ3) is 4.35. The molecule has 0 radical (unpaired) electrons. The summed E-state index contributed by atoms with van der Waals surface area (Å²) in [5, 5.41) is 5.67. The first-order valence-electron chi connectivity index (χ1n) is 7.06. The average molecular weight is 275 g/mol. The summed E-state index contributed by atoms with van der Waals surface area (Å²) < 4.78 is 0. The van der Waals surface area contributed by atoms with Crippen LogP contribution in [0.5, 0.6) is 0 Å². The molecule has 20 heavy (non-hydrogen) atoms. The quantitative estimate of drug-likeness (QED) is 0.681. The maximum Gasteiger partial charge on any atom is 0.251 e. The highest BCUT2D eigenvalue weighted by Gasteiger charge is 2.22. The topological polar surface area (TPSA) is 84.2 Å². The number of carbonyl (C=O) groups is 2. The summed E-state index contributed by atoms with van der Waals surface area (Å²) in [6.45, 7) is 0.864. The van der Waals surface area contributed by atoms with Gasteiger partial charge in [0.25, 0.3) is 5.91 Å². The van der Waals surface area contributed by atoms with Crippen molar-refractivity contribution < 1.29 is 9.59 Å². The Hall–Kier alpha value is -1.88. The molecule has 4 N–H and O–H groups in total. The fourth-order valence-electron chi connectivity index (χ4n) is 2.03. The lowest BCUT2D eigenvalue weighted by Crippen LogP contribution is -2.32. The lowest BCUT2D eigenvalue weighted by atomic mass is 10.0. The summed E-state index contributed by atoms with van der Waals surface area (Å²) in [5.41, 5.74) is 7.12. The number of hydrogen-bond donors (Lipinski definition) is 3. The molecule has 1 saturated carbocycles. The zero-order valence-corrected chi connectivity index (χ0v) is 11.5. The molecule has 5 heteroatoms. The maximum absolute atomic E-state index is 12.1. The van der Waals surface area contributed by atoms with Crippen molar-refractivity contribution in [2.45, 2.75) is 31.7 Å². The van der Waals surface area contributed by atoms with Gasteiger partial charge in [-0.15, -0.1) is 0 Å². The summed E-state index contributed by atoms with van der Waals surface area (Å²) in [4.78, 5) is 23.6. The number of carbonyl (C=O) groups excluding carboxylic acids is 2. The van der Waals surface area contributed by atoms with Crippen LogP contribution in [0, 0.1) is 0 Å². The minimum Gasteiger partial charge on any atom is -0.353 e. The van der Waals surface area contributed by atoms with E-state index in [0.717, 1.165) is 18.4 Å². The molecule has 0 bridgehead atoms. The van der Waals surface area contributed by atoms with Gasteiger partial charge >= 0.3 is 0 Å². The number of rotatable bonds is 7. The van der Waals surface area contributed by atoms with Gasteiger partial charge in [-0.1, -0.05) is 18.2 Å². The molecule has 2 rings (SSSR count). The van der Waals surface area contributed by atoms with Gasteiger partial charge in [-0.2, -0.15) is 0 Å². The van der Waals surface area contributed by atoms with E-state index in [9.17, 15) is 9.59 Å². The Balaban J connectivity index is 1.80. The van der Waals surface area contributed by atoms with Crippen LogP contribution >= 0.6 is 0 Å². The van der Waals surface area contributed by atoms with Crippen molar-refractivity contribution in [3.63, 3.8) is 0 Å². The number of nitrogens with two attached hydrogens (primary N) is 1. The van der Waals surface area contributed by atoms with E-state index < -0.39 is 0 Å². The number of benzene rings is 1. The van der Waals surface area contributed by atoms with Gasteiger partial charge < -0.3 is 16.4 Å². The Bertz CT molecular complexity index is 484. The van der Waals surface area contributed by atoms with Crippen LogP contribution in [0.4, 0.5) is 0 Å². The first-order valence-corrected chi connectivity index (χ1v) is 7.06. The molecule has 0 heterocycles. The third-order valence-electron chi connectivity index (χ3n) is 3.26. The Morgan fingerprint density at radius 1 is 1.25 bits per heavy atom. The molecule has 0 spiro atoms. The summed E-state index contributed by atoms with van der Waals surface area (Å²) in [5.74, 6) is -0.142. The van der Waals surface area contributed by atoms with Crippen molar-refractivity contribution in [1.82, 2.24) is 10.6 Å². The van der Waals surface area contributed by atoms with Crippen LogP contribution in [0.25, 0.3) is 0 Å². The van der Waals surface area contributed by atoms with Crippen LogP contribution in [0.2, 0.25) is 0 Å². The molecule has 108 valence electrons. The van der Waals surface area contributed by atoms with Crippen LogP contribution in [0.3, 0.4) is 0 Å². The van der Waals surface area contributed by atoms with E-state index in [4.69, 9.17) is 5.73 Å². The molecule has 1 aliphatic rings. The third-order valence-corrected chi connectivity index (χ3v) is 3.26. The van der Waals surface area contributed by atoms with Crippen molar-refractivity contribution >= 4 is 11.8 Å². The zero-order chi connectivity index (χ0) is 14.4. The monoisotopic (exact) mass is 275 g/mol. The number of amides is 2. The molecular formula is C15H21N3O2. The second-order valence-corrected chi connectivity index (χ2v) is 5.04. The van der Waals surface area contributed by atoms with Gasteiger partial charge in [-0.05, 0) is 37.4 Å². The predicted molar refractivity (Wildman–Crippen MR) is 77.3 cm³/mol. The minimum absolute atomic E-state index is 0.00282. The highest BCUT2D eigenvalue weighted by molar-refractivity contribution is 5.95. The standard InChI is InChI=1S/C15H21N3O2/c16-9-7-11-3-1-2-4-13(11)15(20)17-10-8-14(19)18-12-5-6-12/h1-4,12H,5-10,16H2,(H,17,20)(H,18,19). The highest BCUT2D eigenvalue weighted by Crippen LogP contribution is 2.18. The molecule has 1 fully saturated rings. The van der Waals surface area contributed by atoms with E-state index in [2.05, 4.69) is 10.6 Å². The molecule has 5 nitrogen and oxygen atoms in total. The molecule has 0 aromatic heterocycles. The van der Waals surface area contributed by atoms with E-state index in [1.807, 2.05) is 18.2 Å². The van der Waals surface area contributed by atoms with Crippen molar-refractivity contribution in [1.29, 1.82) is 0 Å². The normalized spacial score (nSPS) is 13.8. The van der Waals surface area contributed by atoms with Crippen molar-refractivity contribution in [3.8, 4) is 0 Å². The van der Waals surface area contributed by atoms with Gasteiger partial charge in [0.1, 0.15) is 0 Å². The van der Waals surface area contributed by atoms with Gasteiger partial charge in [0, 0.05) is 24.6 Å². The SMILES string of the molecule is NCCc1ccccc1C(=O)NCCC(=O)NC1CC1. The summed E-state index contributed by atoms with van der Waals surface area (Å²) in [7, 11) is 0. The van der Waals surface area contributed by atoms with Crippen LogP contribution in [-0.2, 0) is 11.2 Å². The first-order chi connectivity index (χ1) is 9.70. The average Bonchev–Trinajstić information content (AvgIpc) is 3.23. The molecule has 0 unspecified atom stereocenters. The lowest BCUT2D eigenvalue weighted by Gasteiger charge is -2.09. The Morgan fingerprint density at radius 3 is 2.70 bits per heavy atom. The Labute approximate surface area is 118 Å². The molecule has 0 atom stereocenters. The van der Waals surface area contributed by atoms with Crippen LogP contribution in [0.1, 0.15) is 35.2 Å². The van der Waals surface area contributed by atoms with E-state index in [0.29, 0.717) is 37.5 Å². The maximum atomic E-state index is 12.1. The fourth-order valence-corrected chi connectivity index (χ4v) is 2.03. The number of nitrogens with one attached hydrogen (secondary N) is 2. The second kappa shape index (κ2) is 7.05. The second-order valence-electron chi connectivity index (χ2n) is 5.04. The van der Waals surface area contributed by atoms with Crippen LogP contribution < -0.4 is 16.4 Å². The van der Waals surface area contributed by atoms with Gasteiger partial charge in [-0.3, -0.25) is 9.59 Å². The van der Waals surface area contributed by atoms with E-state index in [1.54, 1.807) is 6.07 Å². The Morgan fingerprint density at radius 2 is 2.00 bits per heavy atom. The Kier molecular flexibility index (Phi) is 5.12. The summed E-state index contributed by atoms with van der Waals surface area (Å²) in [6.07, 6.45) is 3.14. The number of hydrogen-bond acceptors (Lipinski definition) is 3. The van der Waals surface area contributed by atoms with E-state index in [1.165, 1.54) is 0 Å². The van der Waals surface area contributed by atoms with Crippen molar-refractivity contribution in [3.05, 3.63) is 35.4 Å². The van der Waals surface area contributed by atoms with Gasteiger partial charge in [-0.25, -0.2) is 0 Å².